The fraction of sp³-hybridized carbons (Fsp3) is 0.600. The van der Waals surface area contributed by atoms with Crippen molar-refractivity contribution in [2.24, 2.45) is 11.3 Å². The molecule has 0 saturated heterocycles. The van der Waals surface area contributed by atoms with Crippen molar-refractivity contribution in [1.29, 1.82) is 0 Å². The van der Waals surface area contributed by atoms with E-state index in [-0.39, 0.29) is 0 Å². The number of nitrogens with one attached hydrogen (secondary N) is 1. The van der Waals surface area contributed by atoms with Crippen molar-refractivity contribution in [1.82, 2.24) is 5.32 Å². The van der Waals surface area contributed by atoms with E-state index in [4.69, 9.17) is 0 Å². The van der Waals surface area contributed by atoms with E-state index in [1.807, 2.05) is 0 Å². The summed E-state index contributed by atoms with van der Waals surface area (Å²) in [7, 11) is 0. The van der Waals surface area contributed by atoms with Gasteiger partial charge in [0.05, 0.1) is 0 Å². The number of hydrogen-bond acceptors (Lipinski definition) is 1. The summed E-state index contributed by atoms with van der Waals surface area (Å²) in [5.74, 6) is 0.805. The van der Waals surface area contributed by atoms with Crippen LogP contribution in [0.2, 0.25) is 0 Å². The SMILES string of the molecule is CC(NCC1(C(C)C)CC1)c1ccc(I)cc1. The molecule has 1 aliphatic rings. The van der Waals surface area contributed by atoms with E-state index < -0.39 is 0 Å². The second-order valence-corrected chi connectivity index (χ2v) is 6.92. The molecule has 1 atom stereocenters. The standard InChI is InChI=1S/C15H22IN/c1-11(2)15(8-9-15)10-17-12(3)13-4-6-14(16)7-5-13/h4-7,11-12,17H,8-10H2,1-3H3. The van der Waals surface area contributed by atoms with Crippen LogP contribution in [-0.4, -0.2) is 6.54 Å². The lowest BCUT2D eigenvalue weighted by molar-refractivity contribution is 0.325. The predicted octanol–water partition coefficient (Wildman–Crippen LogP) is 4.38. The summed E-state index contributed by atoms with van der Waals surface area (Å²) >= 11 is 2.35. The van der Waals surface area contributed by atoms with Crippen LogP contribution in [0.1, 0.15) is 45.2 Å². The third-order valence-electron chi connectivity index (χ3n) is 4.25. The molecule has 1 aromatic rings. The van der Waals surface area contributed by atoms with Crippen LogP contribution in [0.15, 0.2) is 24.3 Å². The van der Waals surface area contributed by atoms with Gasteiger partial charge in [0.15, 0.2) is 0 Å². The lowest BCUT2D eigenvalue weighted by Crippen LogP contribution is -2.29. The highest BCUT2D eigenvalue weighted by Crippen LogP contribution is 2.51. The zero-order valence-electron chi connectivity index (χ0n) is 11.0. The molecular formula is C15H22IN. The Balaban J connectivity index is 1.89. The Morgan fingerprint density at radius 2 is 1.76 bits per heavy atom. The molecule has 1 saturated carbocycles. The number of hydrogen-bond donors (Lipinski definition) is 1. The van der Waals surface area contributed by atoms with Gasteiger partial charge in [-0.2, -0.15) is 0 Å². The Morgan fingerprint density at radius 3 is 2.24 bits per heavy atom. The Bertz CT molecular complexity index is 365. The number of halogens is 1. The van der Waals surface area contributed by atoms with Crippen LogP contribution in [0.5, 0.6) is 0 Å². The molecule has 0 aliphatic heterocycles. The second kappa shape index (κ2) is 5.27. The van der Waals surface area contributed by atoms with Gasteiger partial charge in [-0.1, -0.05) is 26.0 Å². The highest BCUT2D eigenvalue weighted by molar-refractivity contribution is 14.1. The van der Waals surface area contributed by atoms with Gasteiger partial charge in [0.1, 0.15) is 0 Å². The van der Waals surface area contributed by atoms with Crippen molar-refractivity contribution in [2.45, 2.75) is 39.7 Å². The molecular weight excluding hydrogens is 321 g/mol. The Hall–Kier alpha value is -0.0900. The molecule has 0 radical (unpaired) electrons. The minimum atomic E-state index is 0.461. The normalized spacial score (nSPS) is 19.4. The fourth-order valence-corrected chi connectivity index (χ4v) is 2.70. The van der Waals surface area contributed by atoms with Crippen LogP contribution < -0.4 is 5.32 Å². The lowest BCUT2D eigenvalue weighted by Gasteiger charge is -2.23. The number of benzene rings is 1. The highest BCUT2D eigenvalue weighted by Gasteiger charge is 2.44. The average molecular weight is 343 g/mol. The Kier molecular flexibility index (Phi) is 4.14. The van der Waals surface area contributed by atoms with Gasteiger partial charge in [-0.05, 0) is 71.4 Å². The maximum atomic E-state index is 3.70. The summed E-state index contributed by atoms with van der Waals surface area (Å²) < 4.78 is 1.30. The minimum absolute atomic E-state index is 0.461. The molecule has 0 bridgehead atoms. The van der Waals surface area contributed by atoms with Gasteiger partial charge in [-0.3, -0.25) is 0 Å². The van der Waals surface area contributed by atoms with Gasteiger partial charge in [-0.25, -0.2) is 0 Å². The van der Waals surface area contributed by atoms with Crippen LogP contribution >= 0.6 is 22.6 Å². The summed E-state index contributed by atoms with van der Waals surface area (Å²) in [5, 5.41) is 3.70. The van der Waals surface area contributed by atoms with Crippen LogP contribution in [0.25, 0.3) is 0 Å². The molecule has 1 fully saturated rings. The van der Waals surface area contributed by atoms with Crippen molar-refractivity contribution in [2.75, 3.05) is 6.54 Å². The summed E-state index contributed by atoms with van der Waals surface area (Å²) in [4.78, 5) is 0. The first-order valence-corrected chi connectivity index (χ1v) is 7.60. The van der Waals surface area contributed by atoms with Crippen molar-refractivity contribution >= 4 is 22.6 Å². The minimum Gasteiger partial charge on any atom is -0.310 e. The zero-order valence-corrected chi connectivity index (χ0v) is 13.1. The first-order chi connectivity index (χ1) is 8.03. The van der Waals surface area contributed by atoms with E-state index >= 15 is 0 Å². The van der Waals surface area contributed by atoms with Crippen LogP contribution in [0.4, 0.5) is 0 Å². The lowest BCUT2D eigenvalue weighted by atomic mass is 9.92. The van der Waals surface area contributed by atoms with Crippen LogP contribution in [0, 0.1) is 14.9 Å². The summed E-state index contributed by atoms with van der Waals surface area (Å²) in [6.07, 6.45) is 2.80. The smallest absolute Gasteiger partial charge is 0.0292 e. The number of rotatable bonds is 5. The predicted molar refractivity (Wildman–Crippen MR) is 82.1 cm³/mol. The molecule has 1 nitrogen and oxygen atoms in total. The molecule has 17 heavy (non-hydrogen) atoms. The molecule has 0 spiro atoms. The van der Waals surface area contributed by atoms with E-state index in [0.29, 0.717) is 11.5 Å². The van der Waals surface area contributed by atoms with Crippen molar-refractivity contribution in [3.63, 3.8) is 0 Å². The third-order valence-corrected chi connectivity index (χ3v) is 4.97. The van der Waals surface area contributed by atoms with E-state index in [9.17, 15) is 0 Å². The monoisotopic (exact) mass is 343 g/mol. The molecule has 2 rings (SSSR count). The summed E-state index contributed by atoms with van der Waals surface area (Å²) in [6, 6.07) is 9.29. The van der Waals surface area contributed by atoms with Gasteiger partial charge in [0.25, 0.3) is 0 Å². The van der Waals surface area contributed by atoms with Gasteiger partial charge >= 0.3 is 0 Å². The van der Waals surface area contributed by atoms with Crippen LogP contribution in [-0.2, 0) is 0 Å². The average Bonchev–Trinajstić information content (AvgIpc) is 3.08. The Morgan fingerprint density at radius 1 is 1.18 bits per heavy atom. The third kappa shape index (κ3) is 3.22. The van der Waals surface area contributed by atoms with Gasteiger partial charge in [0.2, 0.25) is 0 Å². The van der Waals surface area contributed by atoms with Crippen molar-refractivity contribution < 1.29 is 0 Å². The summed E-state index contributed by atoms with van der Waals surface area (Å²) in [6.45, 7) is 8.13. The molecule has 0 amide bonds. The van der Waals surface area contributed by atoms with E-state index in [0.717, 1.165) is 12.5 Å². The largest absolute Gasteiger partial charge is 0.310 e. The quantitative estimate of drug-likeness (QED) is 0.783. The van der Waals surface area contributed by atoms with Gasteiger partial charge < -0.3 is 5.32 Å². The molecule has 1 unspecified atom stereocenters. The topological polar surface area (TPSA) is 12.0 Å². The fourth-order valence-electron chi connectivity index (χ4n) is 2.34. The maximum absolute atomic E-state index is 3.70. The second-order valence-electron chi connectivity index (χ2n) is 5.67. The van der Waals surface area contributed by atoms with Crippen molar-refractivity contribution in [3.8, 4) is 0 Å². The van der Waals surface area contributed by atoms with Gasteiger partial charge in [0, 0.05) is 16.2 Å². The molecule has 0 aromatic heterocycles. The van der Waals surface area contributed by atoms with Gasteiger partial charge in [-0.15, -0.1) is 0 Å². The van der Waals surface area contributed by atoms with E-state index in [2.05, 4.69) is 72.9 Å². The highest BCUT2D eigenvalue weighted by atomic mass is 127. The van der Waals surface area contributed by atoms with Crippen molar-refractivity contribution in [3.05, 3.63) is 33.4 Å². The maximum Gasteiger partial charge on any atom is 0.0292 e. The van der Waals surface area contributed by atoms with Crippen LogP contribution in [0.3, 0.4) is 0 Å². The molecule has 2 heteroatoms. The zero-order chi connectivity index (χ0) is 12.5. The first-order valence-electron chi connectivity index (χ1n) is 6.52. The molecule has 1 N–H and O–H groups in total. The Labute approximate surface area is 119 Å². The molecule has 0 heterocycles. The molecule has 1 aromatic carbocycles. The van der Waals surface area contributed by atoms with E-state index in [1.54, 1.807) is 0 Å². The first kappa shape index (κ1) is 13.3. The molecule has 94 valence electrons. The molecule has 1 aliphatic carbocycles. The summed E-state index contributed by atoms with van der Waals surface area (Å²) in [5.41, 5.74) is 1.99. The van der Waals surface area contributed by atoms with E-state index in [1.165, 1.54) is 22.0 Å².